The molecule has 0 spiro atoms. The zero-order chi connectivity index (χ0) is 10.4. The largest absolute Gasteiger partial charge is 0.395 e. The van der Waals surface area contributed by atoms with E-state index in [0.717, 1.165) is 0 Å². The van der Waals surface area contributed by atoms with Gasteiger partial charge in [0.05, 0.1) is 13.2 Å². The highest BCUT2D eigenvalue weighted by Gasteiger charge is 2.09. The Morgan fingerprint density at radius 1 is 1.36 bits per heavy atom. The maximum atomic E-state index is 11.3. The molecule has 1 aromatic heterocycles. The molecule has 0 aliphatic rings. The van der Waals surface area contributed by atoms with Crippen LogP contribution in [-0.4, -0.2) is 46.5 Å². The van der Waals surface area contributed by atoms with Gasteiger partial charge in [-0.2, -0.15) is 0 Å². The van der Waals surface area contributed by atoms with Crippen LogP contribution in [0.3, 0.4) is 0 Å². The predicted molar refractivity (Wildman–Crippen MR) is 51.2 cm³/mol. The van der Waals surface area contributed by atoms with Crippen molar-refractivity contribution in [3.8, 4) is 0 Å². The molecule has 0 radical (unpaired) electrons. The van der Waals surface area contributed by atoms with E-state index in [2.05, 4.69) is 9.97 Å². The van der Waals surface area contributed by atoms with Crippen molar-refractivity contribution in [3.05, 3.63) is 22.7 Å². The molecule has 1 aromatic rings. The molecule has 0 aromatic carbocycles. The van der Waals surface area contributed by atoms with E-state index in [1.54, 1.807) is 0 Å². The Balaban J connectivity index is 2.87. The zero-order valence-electron chi connectivity index (χ0n) is 7.68. The molecule has 0 saturated carbocycles. The smallest absolute Gasteiger partial charge is 0.290 e. The molecule has 6 heteroatoms. The van der Waals surface area contributed by atoms with Crippen molar-refractivity contribution in [2.75, 3.05) is 31.2 Å². The van der Waals surface area contributed by atoms with Crippen LogP contribution in [0.15, 0.2) is 17.2 Å². The fourth-order valence-corrected chi connectivity index (χ4v) is 1.13. The van der Waals surface area contributed by atoms with Crippen molar-refractivity contribution in [1.29, 1.82) is 0 Å². The highest BCUT2D eigenvalue weighted by Crippen LogP contribution is 2.00. The Morgan fingerprint density at radius 2 is 2.00 bits per heavy atom. The number of aromatic nitrogens is 2. The average Bonchev–Trinajstić information content (AvgIpc) is 2.18. The van der Waals surface area contributed by atoms with E-state index in [9.17, 15) is 4.79 Å². The van der Waals surface area contributed by atoms with Gasteiger partial charge in [0, 0.05) is 25.5 Å². The minimum absolute atomic E-state index is 0.0873. The molecule has 0 amide bonds. The van der Waals surface area contributed by atoms with Crippen LogP contribution in [0.1, 0.15) is 0 Å². The van der Waals surface area contributed by atoms with Crippen molar-refractivity contribution >= 4 is 5.82 Å². The summed E-state index contributed by atoms with van der Waals surface area (Å²) in [6.07, 6.45) is 2.89. The number of H-pyrrole nitrogens is 1. The van der Waals surface area contributed by atoms with Crippen LogP contribution in [0, 0.1) is 0 Å². The standard InChI is InChI=1S/C8H13N3O3/c12-5-3-11(4-6-13)7-8(14)10-2-1-9-7/h1-2,12-13H,3-6H2,(H,10,14). The molecule has 0 bridgehead atoms. The summed E-state index contributed by atoms with van der Waals surface area (Å²) in [6, 6.07) is 0. The molecule has 6 nitrogen and oxygen atoms in total. The molecule has 0 fully saturated rings. The third-order valence-electron chi connectivity index (χ3n) is 1.73. The molecule has 3 N–H and O–H groups in total. The molecule has 1 heterocycles. The maximum absolute atomic E-state index is 11.3. The zero-order valence-corrected chi connectivity index (χ0v) is 7.68. The van der Waals surface area contributed by atoms with Crippen molar-refractivity contribution in [1.82, 2.24) is 9.97 Å². The fourth-order valence-electron chi connectivity index (χ4n) is 1.13. The number of aliphatic hydroxyl groups excluding tert-OH is 2. The third-order valence-corrected chi connectivity index (χ3v) is 1.73. The molecule has 0 atom stereocenters. The van der Waals surface area contributed by atoms with Crippen molar-refractivity contribution in [2.45, 2.75) is 0 Å². The van der Waals surface area contributed by atoms with Crippen LogP contribution < -0.4 is 10.5 Å². The van der Waals surface area contributed by atoms with Gasteiger partial charge in [-0.1, -0.05) is 0 Å². The van der Waals surface area contributed by atoms with Crippen LogP contribution in [0.5, 0.6) is 0 Å². The first-order valence-electron chi connectivity index (χ1n) is 4.30. The lowest BCUT2D eigenvalue weighted by molar-refractivity contribution is 0.280. The van der Waals surface area contributed by atoms with Crippen molar-refractivity contribution < 1.29 is 10.2 Å². The van der Waals surface area contributed by atoms with Gasteiger partial charge in [-0.05, 0) is 0 Å². The Hall–Kier alpha value is -1.40. The normalized spacial score (nSPS) is 10.1. The number of rotatable bonds is 5. The summed E-state index contributed by atoms with van der Waals surface area (Å²) < 4.78 is 0. The van der Waals surface area contributed by atoms with Crippen LogP contribution in [0.25, 0.3) is 0 Å². The summed E-state index contributed by atoms with van der Waals surface area (Å²) in [5.74, 6) is 0.218. The number of nitrogens with zero attached hydrogens (tertiary/aromatic N) is 2. The molecule has 78 valence electrons. The Morgan fingerprint density at radius 3 is 2.50 bits per heavy atom. The first-order valence-corrected chi connectivity index (χ1v) is 4.30. The number of hydrogen-bond acceptors (Lipinski definition) is 5. The van der Waals surface area contributed by atoms with Gasteiger partial charge in [0.15, 0.2) is 5.82 Å². The Kier molecular flexibility index (Phi) is 4.09. The monoisotopic (exact) mass is 199 g/mol. The lowest BCUT2D eigenvalue weighted by Crippen LogP contribution is -2.34. The highest BCUT2D eigenvalue weighted by atomic mass is 16.3. The van der Waals surface area contributed by atoms with Gasteiger partial charge in [0.1, 0.15) is 0 Å². The molecular formula is C8H13N3O3. The van der Waals surface area contributed by atoms with E-state index in [4.69, 9.17) is 10.2 Å². The molecule has 14 heavy (non-hydrogen) atoms. The van der Waals surface area contributed by atoms with E-state index in [1.807, 2.05) is 0 Å². The minimum atomic E-state index is -0.325. The summed E-state index contributed by atoms with van der Waals surface area (Å²) in [6.45, 7) is 0.382. The van der Waals surface area contributed by atoms with Gasteiger partial charge in [0.25, 0.3) is 5.56 Å². The van der Waals surface area contributed by atoms with Gasteiger partial charge in [-0.3, -0.25) is 4.79 Å². The summed E-state index contributed by atoms with van der Waals surface area (Å²) in [4.78, 5) is 19.2. The first kappa shape index (κ1) is 10.7. The van der Waals surface area contributed by atoms with Crippen LogP contribution in [0.4, 0.5) is 5.82 Å². The summed E-state index contributed by atoms with van der Waals surface area (Å²) in [5.41, 5.74) is -0.325. The average molecular weight is 199 g/mol. The van der Waals surface area contributed by atoms with E-state index >= 15 is 0 Å². The second kappa shape index (κ2) is 5.36. The van der Waals surface area contributed by atoms with Crippen molar-refractivity contribution in [3.63, 3.8) is 0 Å². The Bertz CT molecular complexity index is 320. The highest BCUT2D eigenvalue weighted by molar-refractivity contribution is 5.34. The number of aromatic amines is 1. The lowest BCUT2D eigenvalue weighted by Gasteiger charge is -2.19. The van der Waals surface area contributed by atoms with Crippen molar-refractivity contribution in [2.24, 2.45) is 0 Å². The fraction of sp³-hybridized carbons (Fsp3) is 0.500. The summed E-state index contributed by atoms with van der Waals surface area (Å²) in [5, 5.41) is 17.5. The SMILES string of the molecule is O=c1[nH]ccnc1N(CCO)CCO. The molecular weight excluding hydrogens is 186 g/mol. The van der Waals surface area contributed by atoms with Gasteiger partial charge in [-0.25, -0.2) is 4.98 Å². The maximum Gasteiger partial charge on any atom is 0.290 e. The molecule has 0 aliphatic heterocycles. The van der Waals surface area contributed by atoms with Gasteiger partial charge in [0.2, 0.25) is 0 Å². The van der Waals surface area contributed by atoms with Gasteiger partial charge in [-0.15, -0.1) is 0 Å². The summed E-state index contributed by atoms with van der Waals surface area (Å²) >= 11 is 0. The van der Waals surface area contributed by atoms with Crippen LogP contribution >= 0.6 is 0 Å². The van der Waals surface area contributed by atoms with Crippen LogP contribution in [-0.2, 0) is 0 Å². The molecule has 0 saturated heterocycles. The molecule has 0 aliphatic carbocycles. The topological polar surface area (TPSA) is 89.5 Å². The number of hydrogen-bond donors (Lipinski definition) is 3. The third kappa shape index (κ3) is 2.54. The Labute approximate surface area is 80.8 Å². The van der Waals surface area contributed by atoms with E-state index in [0.29, 0.717) is 0 Å². The second-order valence-corrected chi connectivity index (χ2v) is 2.68. The lowest BCUT2D eigenvalue weighted by atomic mass is 10.4. The van der Waals surface area contributed by atoms with Crippen LogP contribution in [0.2, 0.25) is 0 Å². The van der Waals surface area contributed by atoms with Gasteiger partial charge >= 0.3 is 0 Å². The quantitative estimate of drug-likeness (QED) is 0.540. The van der Waals surface area contributed by atoms with E-state index in [-0.39, 0.29) is 37.7 Å². The van der Waals surface area contributed by atoms with E-state index < -0.39 is 0 Å². The molecule has 0 unspecified atom stereocenters. The minimum Gasteiger partial charge on any atom is -0.395 e. The first-order chi connectivity index (χ1) is 6.79. The second-order valence-electron chi connectivity index (χ2n) is 2.68. The van der Waals surface area contributed by atoms with Gasteiger partial charge < -0.3 is 20.1 Å². The number of nitrogens with one attached hydrogen (secondary N) is 1. The number of aliphatic hydroxyl groups is 2. The number of anilines is 1. The summed E-state index contributed by atoms with van der Waals surface area (Å²) in [7, 11) is 0. The molecule has 1 rings (SSSR count). The van der Waals surface area contributed by atoms with E-state index in [1.165, 1.54) is 17.3 Å². The predicted octanol–water partition coefficient (Wildman–Crippen LogP) is -1.44.